The molecule has 0 saturated heterocycles. The van der Waals surface area contributed by atoms with Crippen molar-refractivity contribution < 1.29 is 14.7 Å². The maximum absolute atomic E-state index is 12.8. The Kier molecular flexibility index (Phi) is 4.60. The zero-order valence-electron chi connectivity index (χ0n) is 20.7. The number of carbonyl (C=O) groups excluding carboxylic acids is 2. The predicted octanol–water partition coefficient (Wildman–Crippen LogP) is 5.97. The van der Waals surface area contributed by atoms with Gasteiger partial charge >= 0.3 is 0 Å². The second kappa shape index (κ2) is 6.45. The Morgan fingerprint density at radius 3 is 2.23 bits per heavy atom. The number of aliphatic hydroxyl groups is 1. The second-order valence-corrected chi connectivity index (χ2v) is 13.7. The van der Waals surface area contributed by atoms with Crippen LogP contribution in [0.2, 0.25) is 0 Å². The third kappa shape index (κ3) is 2.56. The van der Waals surface area contributed by atoms with Crippen LogP contribution in [0.15, 0.2) is 0 Å². The van der Waals surface area contributed by atoms with E-state index in [1.165, 1.54) is 12.8 Å². The van der Waals surface area contributed by atoms with E-state index in [4.69, 9.17) is 0 Å². The molecule has 0 aromatic carbocycles. The number of Topliss-reactive ketones (excluding diaryl/α,β-unsaturated/α-hetero) is 2. The van der Waals surface area contributed by atoms with Crippen LogP contribution >= 0.6 is 0 Å². The molecule has 0 aromatic rings. The molecule has 0 aliphatic heterocycles. The van der Waals surface area contributed by atoms with Gasteiger partial charge in [-0.3, -0.25) is 9.59 Å². The molecule has 0 aromatic heterocycles. The third-order valence-corrected chi connectivity index (χ3v) is 12.7. The quantitative estimate of drug-likeness (QED) is 0.560. The summed E-state index contributed by atoms with van der Waals surface area (Å²) in [6.45, 7) is 13.8. The van der Waals surface area contributed by atoms with Gasteiger partial charge in [-0.25, -0.2) is 0 Å². The van der Waals surface area contributed by atoms with Gasteiger partial charge < -0.3 is 5.11 Å². The van der Waals surface area contributed by atoms with Crippen LogP contribution in [-0.2, 0) is 9.59 Å². The van der Waals surface area contributed by atoms with E-state index >= 15 is 0 Å². The summed E-state index contributed by atoms with van der Waals surface area (Å²) in [4.78, 5) is 25.4. The van der Waals surface area contributed by atoms with Crippen molar-refractivity contribution in [3.63, 3.8) is 0 Å². The number of fused-ring (bicyclic) bond motifs is 7. The van der Waals surface area contributed by atoms with Crippen molar-refractivity contribution in [2.75, 3.05) is 0 Å². The van der Waals surface area contributed by atoms with Crippen LogP contribution in [0.5, 0.6) is 0 Å². The topological polar surface area (TPSA) is 54.4 Å². The lowest BCUT2D eigenvalue weighted by atomic mass is 9.33. The Bertz CT molecular complexity index is 815. The lowest BCUT2D eigenvalue weighted by Gasteiger charge is -2.72. The van der Waals surface area contributed by atoms with Crippen LogP contribution in [0.3, 0.4) is 0 Å². The lowest BCUT2D eigenvalue weighted by Crippen LogP contribution is -2.67. The summed E-state index contributed by atoms with van der Waals surface area (Å²) >= 11 is 0. The Balaban J connectivity index is 1.55. The van der Waals surface area contributed by atoms with Crippen LogP contribution in [0.25, 0.3) is 0 Å². The largest absolute Gasteiger partial charge is 0.390 e. The summed E-state index contributed by atoms with van der Waals surface area (Å²) < 4.78 is 0. The first-order valence-corrected chi connectivity index (χ1v) is 13.1. The van der Waals surface area contributed by atoms with Gasteiger partial charge in [0, 0.05) is 23.7 Å². The molecule has 5 saturated carbocycles. The second-order valence-electron chi connectivity index (χ2n) is 13.7. The first kappa shape index (κ1) is 22.1. The van der Waals surface area contributed by atoms with Crippen LogP contribution in [0, 0.1) is 51.2 Å². The van der Waals surface area contributed by atoms with Crippen LogP contribution in [0.1, 0.15) is 106 Å². The van der Waals surface area contributed by atoms with Crippen molar-refractivity contribution in [3.8, 4) is 0 Å². The van der Waals surface area contributed by atoms with E-state index in [0.29, 0.717) is 29.3 Å². The molecule has 0 unspecified atom stereocenters. The van der Waals surface area contributed by atoms with Crippen molar-refractivity contribution in [1.29, 1.82) is 0 Å². The average molecular weight is 429 g/mol. The van der Waals surface area contributed by atoms with Gasteiger partial charge in [0.1, 0.15) is 11.6 Å². The van der Waals surface area contributed by atoms with Crippen molar-refractivity contribution in [1.82, 2.24) is 0 Å². The van der Waals surface area contributed by atoms with Crippen LogP contribution in [0.4, 0.5) is 0 Å². The van der Waals surface area contributed by atoms with Crippen molar-refractivity contribution >= 4 is 11.6 Å². The molecular weight excluding hydrogens is 384 g/mol. The first-order valence-electron chi connectivity index (χ1n) is 13.1. The average Bonchev–Trinajstić information content (AvgIpc) is 3.04. The van der Waals surface area contributed by atoms with E-state index in [2.05, 4.69) is 34.6 Å². The number of hydrogen-bond donors (Lipinski definition) is 1. The number of ketones is 2. The molecular formula is C28H44O3. The van der Waals surface area contributed by atoms with Gasteiger partial charge in [-0.15, -0.1) is 0 Å². The molecule has 5 fully saturated rings. The highest BCUT2D eigenvalue weighted by Crippen LogP contribution is 2.75. The van der Waals surface area contributed by atoms with Crippen molar-refractivity contribution in [2.24, 2.45) is 51.2 Å². The fraction of sp³-hybridized carbons (Fsp3) is 0.929. The molecule has 3 nitrogen and oxygen atoms in total. The minimum atomic E-state index is -0.621. The highest BCUT2D eigenvalue weighted by atomic mass is 16.3. The predicted molar refractivity (Wildman–Crippen MR) is 122 cm³/mol. The number of rotatable bonds is 1. The van der Waals surface area contributed by atoms with E-state index in [9.17, 15) is 14.7 Å². The van der Waals surface area contributed by atoms with Gasteiger partial charge in [0.2, 0.25) is 0 Å². The molecule has 1 N–H and O–H groups in total. The van der Waals surface area contributed by atoms with Gasteiger partial charge in [0.25, 0.3) is 0 Å². The summed E-state index contributed by atoms with van der Waals surface area (Å²) in [5.74, 6) is 2.52. The van der Waals surface area contributed by atoms with Gasteiger partial charge in [0.05, 0.1) is 5.60 Å². The van der Waals surface area contributed by atoms with E-state index in [1.807, 2.05) is 0 Å². The molecule has 3 heteroatoms. The maximum Gasteiger partial charge on any atom is 0.138 e. The standard InChI is InChI=1S/C28H44O3/c1-17(29)18-9-14-28(31)16-15-26(5)19(23(18)28)7-8-21-25(4)12-11-22(30)24(2,3)20(25)10-13-27(21,26)6/h18-21,23,31H,7-16H2,1-6H3/t18-,19+,20-,21+,23+,25-,26+,27+,28+/m0/s1. The molecule has 0 radical (unpaired) electrons. The molecule has 5 rings (SSSR count). The Morgan fingerprint density at radius 1 is 0.839 bits per heavy atom. The summed E-state index contributed by atoms with van der Waals surface area (Å²) in [5.41, 5.74) is -0.205. The van der Waals surface area contributed by atoms with E-state index in [1.54, 1.807) is 6.92 Å². The van der Waals surface area contributed by atoms with E-state index < -0.39 is 5.60 Å². The summed E-state index contributed by atoms with van der Waals surface area (Å²) in [5, 5.41) is 11.6. The lowest BCUT2D eigenvalue weighted by molar-refractivity contribution is -0.242. The highest BCUT2D eigenvalue weighted by molar-refractivity contribution is 5.85. The molecule has 174 valence electrons. The van der Waals surface area contributed by atoms with Crippen molar-refractivity contribution in [3.05, 3.63) is 0 Å². The maximum atomic E-state index is 12.8. The Labute approximate surface area is 189 Å². The molecule has 5 aliphatic carbocycles. The normalized spacial score (nSPS) is 55.6. The zero-order valence-corrected chi connectivity index (χ0v) is 20.7. The summed E-state index contributed by atoms with van der Waals surface area (Å²) in [6, 6.07) is 0. The molecule has 0 bridgehead atoms. The summed E-state index contributed by atoms with van der Waals surface area (Å²) in [6.07, 6.45) is 10.1. The van der Waals surface area contributed by atoms with E-state index in [0.717, 1.165) is 51.4 Å². The Morgan fingerprint density at radius 2 is 1.55 bits per heavy atom. The SMILES string of the molecule is CC(=O)[C@@H]1CC[C@@]2(O)CC[C@]3(C)[C@H](CC[C@@H]4[C@@]5(C)CCC(=O)C(C)(C)[C@@H]5CC[C@]43C)[C@@H]12. The van der Waals surface area contributed by atoms with E-state index in [-0.39, 0.29) is 33.5 Å². The third-order valence-electron chi connectivity index (χ3n) is 12.7. The Hall–Kier alpha value is -0.700. The minimum Gasteiger partial charge on any atom is -0.390 e. The monoisotopic (exact) mass is 428 g/mol. The number of carbonyl (C=O) groups is 2. The molecule has 0 heterocycles. The molecule has 5 aliphatic rings. The molecule has 31 heavy (non-hydrogen) atoms. The smallest absolute Gasteiger partial charge is 0.138 e. The minimum absolute atomic E-state index is 0.0490. The van der Waals surface area contributed by atoms with Gasteiger partial charge in [0.15, 0.2) is 0 Å². The fourth-order valence-corrected chi connectivity index (χ4v) is 10.8. The fourth-order valence-electron chi connectivity index (χ4n) is 10.8. The van der Waals surface area contributed by atoms with Crippen LogP contribution < -0.4 is 0 Å². The van der Waals surface area contributed by atoms with Gasteiger partial charge in [-0.1, -0.05) is 34.6 Å². The van der Waals surface area contributed by atoms with Crippen LogP contribution in [-0.4, -0.2) is 22.3 Å². The zero-order chi connectivity index (χ0) is 22.6. The molecule has 9 atom stereocenters. The molecule has 0 amide bonds. The first-order chi connectivity index (χ1) is 14.3. The highest BCUT2D eigenvalue weighted by Gasteiger charge is 2.71. The van der Waals surface area contributed by atoms with Gasteiger partial charge in [-0.2, -0.15) is 0 Å². The number of hydrogen-bond acceptors (Lipinski definition) is 3. The molecule has 0 spiro atoms. The van der Waals surface area contributed by atoms with Crippen molar-refractivity contribution in [2.45, 2.75) is 111 Å². The summed E-state index contributed by atoms with van der Waals surface area (Å²) in [7, 11) is 0. The van der Waals surface area contributed by atoms with Gasteiger partial charge in [-0.05, 0) is 98.7 Å².